The fourth-order valence-corrected chi connectivity index (χ4v) is 2.24. The van der Waals surface area contributed by atoms with Crippen LogP contribution in [0.4, 0.5) is 5.82 Å². The van der Waals surface area contributed by atoms with Crippen molar-refractivity contribution in [3.05, 3.63) is 47.2 Å². The lowest BCUT2D eigenvalue weighted by atomic mass is 10.1. The molecule has 0 radical (unpaired) electrons. The highest BCUT2D eigenvalue weighted by molar-refractivity contribution is 5.66. The Hall–Kier alpha value is -2.40. The SMILES string of the molecule is Cc1ccc(-c2cc3nc(C)c(C)c(NN)n3n2)cc1. The quantitative estimate of drug-likeness (QED) is 0.553. The van der Waals surface area contributed by atoms with Gasteiger partial charge in [-0.25, -0.2) is 10.8 Å². The van der Waals surface area contributed by atoms with E-state index in [-0.39, 0.29) is 0 Å². The fourth-order valence-electron chi connectivity index (χ4n) is 2.24. The number of nitrogen functional groups attached to an aromatic ring is 1. The number of fused-ring (bicyclic) bond motifs is 1. The van der Waals surface area contributed by atoms with Gasteiger partial charge in [-0.1, -0.05) is 29.8 Å². The van der Waals surface area contributed by atoms with Crippen molar-refractivity contribution in [3.8, 4) is 11.3 Å². The van der Waals surface area contributed by atoms with Crippen molar-refractivity contribution < 1.29 is 0 Å². The van der Waals surface area contributed by atoms with Gasteiger partial charge in [0.25, 0.3) is 0 Å². The third kappa shape index (κ3) is 1.92. The number of nitrogens with two attached hydrogens (primary N) is 1. The Labute approximate surface area is 117 Å². The zero-order chi connectivity index (χ0) is 14.3. The summed E-state index contributed by atoms with van der Waals surface area (Å²) in [5.74, 6) is 6.38. The molecule has 0 unspecified atom stereocenters. The number of rotatable bonds is 2. The van der Waals surface area contributed by atoms with Crippen molar-refractivity contribution in [1.82, 2.24) is 14.6 Å². The second kappa shape index (κ2) is 4.61. The van der Waals surface area contributed by atoms with Crippen LogP contribution < -0.4 is 11.3 Å². The molecule has 20 heavy (non-hydrogen) atoms. The maximum atomic E-state index is 5.61. The van der Waals surface area contributed by atoms with Gasteiger partial charge in [0.2, 0.25) is 0 Å². The molecule has 5 heteroatoms. The average Bonchev–Trinajstić information content (AvgIpc) is 2.84. The summed E-state index contributed by atoms with van der Waals surface area (Å²) in [5, 5.41) is 4.60. The van der Waals surface area contributed by atoms with Crippen molar-refractivity contribution in [1.29, 1.82) is 0 Å². The number of benzene rings is 1. The van der Waals surface area contributed by atoms with Crippen molar-refractivity contribution in [3.63, 3.8) is 0 Å². The van der Waals surface area contributed by atoms with Crippen molar-refractivity contribution in [2.24, 2.45) is 5.84 Å². The molecule has 0 atom stereocenters. The average molecular weight is 267 g/mol. The van der Waals surface area contributed by atoms with Crippen molar-refractivity contribution in [2.75, 3.05) is 5.43 Å². The minimum absolute atomic E-state index is 0.769. The number of hydrogen-bond acceptors (Lipinski definition) is 4. The summed E-state index contributed by atoms with van der Waals surface area (Å²) in [6.45, 7) is 6.01. The Bertz CT molecular complexity index is 771. The molecule has 2 heterocycles. The molecule has 0 bridgehead atoms. The lowest BCUT2D eigenvalue weighted by Crippen LogP contribution is -2.14. The Kier molecular flexibility index (Phi) is 2.91. The zero-order valence-electron chi connectivity index (χ0n) is 11.8. The number of aromatic nitrogens is 3. The van der Waals surface area contributed by atoms with Crippen LogP contribution in [0.1, 0.15) is 16.8 Å². The predicted octanol–water partition coefficient (Wildman–Crippen LogP) is 2.61. The molecule has 0 saturated heterocycles. The van der Waals surface area contributed by atoms with Crippen molar-refractivity contribution >= 4 is 11.5 Å². The minimum Gasteiger partial charge on any atom is -0.308 e. The zero-order valence-corrected chi connectivity index (χ0v) is 11.8. The molecular weight excluding hydrogens is 250 g/mol. The molecule has 0 spiro atoms. The monoisotopic (exact) mass is 267 g/mol. The number of hydrogen-bond donors (Lipinski definition) is 2. The van der Waals surface area contributed by atoms with Crippen molar-refractivity contribution in [2.45, 2.75) is 20.8 Å². The molecule has 0 fully saturated rings. The van der Waals surface area contributed by atoms with E-state index in [4.69, 9.17) is 5.84 Å². The summed E-state index contributed by atoms with van der Waals surface area (Å²) >= 11 is 0. The molecule has 3 rings (SSSR count). The van der Waals surface area contributed by atoms with E-state index in [0.29, 0.717) is 0 Å². The van der Waals surface area contributed by atoms with Gasteiger partial charge in [0.1, 0.15) is 5.82 Å². The van der Waals surface area contributed by atoms with Crippen LogP contribution in [0.15, 0.2) is 30.3 Å². The Morgan fingerprint density at radius 1 is 1.10 bits per heavy atom. The van der Waals surface area contributed by atoms with Gasteiger partial charge in [-0.15, -0.1) is 0 Å². The van der Waals surface area contributed by atoms with Gasteiger partial charge in [-0.2, -0.15) is 9.61 Å². The summed E-state index contributed by atoms with van der Waals surface area (Å²) < 4.78 is 1.75. The summed E-state index contributed by atoms with van der Waals surface area (Å²) in [6, 6.07) is 10.2. The van der Waals surface area contributed by atoms with Gasteiger partial charge in [0, 0.05) is 22.9 Å². The first kappa shape index (κ1) is 12.6. The summed E-state index contributed by atoms with van der Waals surface area (Å²) in [5.41, 5.74) is 8.63. The molecule has 0 aliphatic carbocycles. The molecule has 0 aliphatic heterocycles. The maximum Gasteiger partial charge on any atom is 0.158 e. The van der Waals surface area contributed by atoms with E-state index < -0.39 is 0 Å². The molecule has 0 saturated carbocycles. The highest BCUT2D eigenvalue weighted by Crippen LogP contribution is 2.24. The lowest BCUT2D eigenvalue weighted by molar-refractivity contribution is 0.916. The van der Waals surface area contributed by atoms with E-state index in [0.717, 1.165) is 34.0 Å². The first-order chi connectivity index (χ1) is 9.60. The third-order valence-corrected chi connectivity index (χ3v) is 3.57. The fraction of sp³-hybridized carbons (Fsp3) is 0.200. The summed E-state index contributed by atoms with van der Waals surface area (Å²) in [7, 11) is 0. The van der Waals surface area contributed by atoms with E-state index in [1.165, 1.54) is 5.56 Å². The smallest absolute Gasteiger partial charge is 0.158 e. The highest BCUT2D eigenvalue weighted by atomic mass is 15.4. The van der Waals surface area contributed by atoms with Gasteiger partial charge in [0.05, 0.1) is 5.69 Å². The van der Waals surface area contributed by atoms with E-state index >= 15 is 0 Å². The summed E-state index contributed by atoms with van der Waals surface area (Å²) in [6.07, 6.45) is 0. The van der Waals surface area contributed by atoms with E-state index in [9.17, 15) is 0 Å². The highest BCUT2D eigenvalue weighted by Gasteiger charge is 2.12. The second-order valence-electron chi connectivity index (χ2n) is 4.98. The third-order valence-electron chi connectivity index (χ3n) is 3.57. The van der Waals surface area contributed by atoms with E-state index in [2.05, 4.69) is 46.7 Å². The Morgan fingerprint density at radius 2 is 1.80 bits per heavy atom. The van der Waals surface area contributed by atoms with Crippen LogP contribution in [0, 0.1) is 20.8 Å². The van der Waals surface area contributed by atoms with Crippen LogP contribution in [-0.4, -0.2) is 14.6 Å². The topological polar surface area (TPSA) is 68.2 Å². The Morgan fingerprint density at radius 3 is 2.45 bits per heavy atom. The van der Waals surface area contributed by atoms with Gasteiger partial charge in [-0.05, 0) is 20.8 Å². The van der Waals surface area contributed by atoms with Gasteiger partial charge >= 0.3 is 0 Å². The maximum absolute atomic E-state index is 5.61. The van der Waals surface area contributed by atoms with Crippen LogP contribution in [0.2, 0.25) is 0 Å². The number of nitrogens with one attached hydrogen (secondary N) is 1. The number of hydrazine groups is 1. The first-order valence-corrected chi connectivity index (χ1v) is 6.51. The predicted molar refractivity (Wildman–Crippen MR) is 80.4 cm³/mol. The van der Waals surface area contributed by atoms with Gasteiger partial charge in [-0.3, -0.25) is 0 Å². The van der Waals surface area contributed by atoms with Crippen LogP contribution >= 0.6 is 0 Å². The number of anilines is 1. The van der Waals surface area contributed by atoms with Crippen LogP contribution in [0.5, 0.6) is 0 Å². The lowest BCUT2D eigenvalue weighted by Gasteiger charge is -2.09. The first-order valence-electron chi connectivity index (χ1n) is 6.51. The summed E-state index contributed by atoms with van der Waals surface area (Å²) in [4.78, 5) is 4.55. The molecule has 3 N–H and O–H groups in total. The molecule has 1 aromatic carbocycles. The normalized spacial score (nSPS) is 11.0. The molecular formula is C15H17N5. The number of aryl methyl sites for hydroxylation is 2. The second-order valence-corrected chi connectivity index (χ2v) is 4.98. The number of nitrogens with zero attached hydrogens (tertiary/aromatic N) is 3. The van der Waals surface area contributed by atoms with E-state index in [1.807, 2.05) is 19.9 Å². The molecule has 3 aromatic rings. The molecule has 2 aromatic heterocycles. The van der Waals surface area contributed by atoms with Crippen LogP contribution in [0.25, 0.3) is 16.9 Å². The van der Waals surface area contributed by atoms with E-state index in [1.54, 1.807) is 4.52 Å². The molecule has 0 amide bonds. The van der Waals surface area contributed by atoms with Crippen LogP contribution in [0.3, 0.4) is 0 Å². The minimum atomic E-state index is 0.769. The Balaban J connectivity index is 2.22. The molecule has 102 valence electrons. The largest absolute Gasteiger partial charge is 0.308 e. The van der Waals surface area contributed by atoms with Gasteiger partial charge in [0.15, 0.2) is 5.65 Å². The van der Waals surface area contributed by atoms with Crippen LogP contribution in [-0.2, 0) is 0 Å². The standard InChI is InChI=1S/C15H17N5/c1-9-4-6-12(7-5-9)13-8-14-17-11(3)10(2)15(18-16)20(14)19-13/h4-8,18H,16H2,1-3H3. The van der Waals surface area contributed by atoms with Gasteiger partial charge < -0.3 is 5.43 Å². The molecule has 0 aliphatic rings. The molecule has 5 nitrogen and oxygen atoms in total.